The summed E-state index contributed by atoms with van der Waals surface area (Å²) in [6.45, 7) is 4.13. The van der Waals surface area contributed by atoms with Gasteiger partial charge in [0, 0.05) is 19.2 Å². The Morgan fingerprint density at radius 3 is 2.78 bits per heavy atom. The molecule has 100 valence electrons. The number of hydrogen-bond acceptors (Lipinski definition) is 3. The standard InChI is InChI=1S/C12H17ClN2O3/c1-7-9(10(13)15(3)14-7)6-12(11(16)17)4-5-18-8(12)2/h8H,4-6H2,1-3H3,(H,16,17). The molecule has 1 aliphatic heterocycles. The third-order valence-corrected chi connectivity index (χ3v) is 4.35. The number of ether oxygens (including phenoxy) is 1. The minimum Gasteiger partial charge on any atom is -0.481 e. The lowest BCUT2D eigenvalue weighted by molar-refractivity contribution is -0.151. The van der Waals surface area contributed by atoms with Crippen LogP contribution in [-0.2, 0) is 23.0 Å². The molecule has 1 aromatic heterocycles. The van der Waals surface area contributed by atoms with Crippen LogP contribution in [0.25, 0.3) is 0 Å². The third-order valence-electron chi connectivity index (χ3n) is 3.88. The zero-order valence-corrected chi connectivity index (χ0v) is 11.5. The van der Waals surface area contributed by atoms with Gasteiger partial charge in [0.1, 0.15) is 5.15 Å². The Bertz CT molecular complexity index is 486. The number of nitrogens with zero attached hydrogens (tertiary/aromatic N) is 2. The van der Waals surface area contributed by atoms with Crippen molar-refractivity contribution in [3.8, 4) is 0 Å². The summed E-state index contributed by atoms with van der Waals surface area (Å²) in [6, 6.07) is 0. The highest BCUT2D eigenvalue weighted by molar-refractivity contribution is 6.30. The van der Waals surface area contributed by atoms with Gasteiger partial charge in [0.15, 0.2) is 0 Å². The first kappa shape index (κ1) is 13.4. The topological polar surface area (TPSA) is 64.4 Å². The fraction of sp³-hybridized carbons (Fsp3) is 0.667. The Hall–Kier alpha value is -1.07. The number of carboxylic acid groups (broad SMARTS) is 1. The fourth-order valence-corrected chi connectivity index (χ4v) is 2.80. The fourth-order valence-electron chi connectivity index (χ4n) is 2.56. The normalized spacial score (nSPS) is 27.7. The Kier molecular flexibility index (Phi) is 3.38. The molecule has 0 radical (unpaired) electrons. The summed E-state index contributed by atoms with van der Waals surface area (Å²) < 4.78 is 7.01. The molecule has 0 aliphatic carbocycles. The van der Waals surface area contributed by atoms with Crippen molar-refractivity contribution in [1.82, 2.24) is 9.78 Å². The van der Waals surface area contributed by atoms with E-state index in [0.29, 0.717) is 24.6 Å². The van der Waals surface area contributed by atoms with Gasteiger partial charge in [-0.1, -0.05) is 11.6 Å². The number of aryl methyl sites for hydroxylation is 2. The molecular weight excluding hydrogens is 256 g/mol. The van der Waals surface area contributed by atoms with E-state index in [1.54, 1.807) is 18.7 Å². The molecule has 0 spiro atoms. The molecule has 5 nitrogen and oxygen atoms in total. The van der Waals surface area contributed by atoms with Gasteiger partial charge in [-0.15, -0.1) is 0 Å². The lowest BCUT2D eigenvalue weighted by atomic mass is 9.76. The second-order valence-corrected chi connectivity index (χ2v) is 5.24. The second kappa shape index (κ2) is 4.55. The molecule has 2 heterocycles. The molecule has 6 heteroatoms. The summed E-state index contributed by atoms with van der Waals surface area (Å²) in [5.74, 6) is -0.827. The lowest BCUT2D eigenvalue weighted by Crippen LogP contribution is -2.39. The van der Waals surface area contributed by atoms with Crippen LogP contribution in [0.3, 0.4) is 0 Å². The van der Waals surface area contributed by atoms with Crippen LogP contribution >= 0.6 is 11.6 Å². The first-order chi connectivity index (χ1) is 8.38. The van der Waals surface area contributed by atoms with Crippen LogP contribution in [0, 0.1) is 12.3 Å². The van der Waals surface area contributed by atoms with E-state index in [1.807, 2.05) is 6.92 Å². The van der Waals surface area contributed by atoms with Crippen LogP contribution in [0.4, 0.5) is 0 Å². The van der Waals surface area contributed by atoms with E-state index < -0.39 is 11.4 Å². The molecular formula is C12H17ClN2O3. The first-order valence-electron chi connectivity index (χ1n) is 5.91. The Morgan fingerprint density at radius 1 is 1.72 bits per heavy atom. The number of hydrogen-bond donors (Lipinski definition) is 1. The van der Waals surface area contributed by atoms with Crippen LogP contribution in [0.1, 0.15) is 24.6 Å². The van der Waals surface area contributed by atoms with Crippen molar-refractivity contribution in [2.75, 3.05) is 6.61 Å². The maximum Gasteiger partial charge on any atom is 0.312 e. The SMILES string of the molecule is Cc1nn(C)c(Cl)c1CC1(C(=O)O)CCOC1C. The van der Waals surface area contributed by atoms with Gasteiger partial charge in [-0.25, -0.2) is 0 Å². The molecule has 0 amide bonds. The number of halogens is 1. The number of aromatic nitrogens is 2. The molecule has 1 saturated heterocycles. The number of carboxylic acids is 1. The van der Waals surface area contributed by atoms with Crippen molar-refractivity contribution in [1.29, 1.82) is 0 Å². The van der Waals surface area contributed by atoms with E-state index in [1.165, 1.54) is 0 Å². The van der Waals surface area contributed by atoms with Gasteiger partial charge in [0.05, 0.1) is 17.2 Å². The predicted octanol–water partition coefficient (Wildman–Crippen LogP) is 1.80. The third kappa shape index (κ3) is 1.91. The van der Waals surface area contributed by atoms with E-state index in [-0.39, 0.29) is 6.10 Å². The van der Waals surface area contributed by atoms with Gasteiger partial charge in [-0.2, -0.15) is 5.10 Å². The van der Waals surface area contributed by atoms with E-state index in [2.05, 4.69) is 5.10 Å². The molecule has 1 aliphatic rings. The van der Waals surface area contributed by atoms with Crippen molar-refractivity contribution in [3.05, 3.63) is 16.4 Å². The molecule has 1 aromatic rings. The lowest BCUT2D eigenvalue weighted by Gasteiger charge is -2.27. The Morgan fingerprint density at radius 2 is 2.39 bits per heavy atom. The Balaban J connectivity index is 2.39. The van der Waals surface area contributed by atoms with Gasteiger partial charge in [0.25, 0.3) is 0 Å². The van der Waals surface area contributed by atoms with Gasteiger partial charge in [-0.3, -0.25) is 9.48 Å². The van der Waals surface area contributed by atoms with E-state index in [4.69, 9.17) is 16.3 Å². The smallest absolute Gasteiger partial charge is 0.312 e. The summed E-state index contributed by atoms with van der Waals surface area (Å²) >= 11 is 6.17. The number of carbonyl (C=O) groups is 1. The highest BCUT2D eigenvalue weighted by atomic mass is 35.5. The highest BCUT2D eigenvalue weighted by Crippen LogP contribution is 2.40. The van der Waals surface area contributed by atoms with Gasteiger partial charge < -0.3 is 9.84 Å². The van der Waals surface area contributed by atoms with E-state index >= 15 is 0 Å². The zero-order valence-electron chi connectivity index (χ0n) is 10.7. The minimum atomic E-state index is -0.891. The van der Waals surface area contributed by atoms with Gasteiger partial charge in [0.2, 0.25) is 0 Å². The molecule has 0 saturated carbocycles. The van der Waals surface area contributed by atoms with Crippen molar-refractivity contribution in [3.63, 3.8) is 0 Å². The van der Waals surface area contributed by atoms with Crippen molar-refractivity contribution < 1.29 is 14.6 Å². The van der Waals surface area contributed by atoms with Gasteiger partial charge >= 0.3 is 5.97 Å². The molecule has 2 rings (SSSR count). The molecule has 1 N–H and O–H groups in total. The molecule has 2 atom stereocenters. The first-order valence-corrected chi connectivity index (χ1v) is 6.29. The summed E-state index contributed by atoms with van der Waals surface area (Å²) in [4.78, 5) is 11.6. The average Bonchev–Trinajstić information content (AvgIpc) is 2.76. The Labute approximate surface area is 111 Å². The molecule has 0 bridgehead atoms. The van der Waals surface area contributed by atoms with Crippen molar-refractivity contribution in [2.24, 2.45) is 12.5 Å². The van der Waals surface area contributed by atoms with E-state index in [9.17, 15) is 9.90 Å². The van der Waals surface area contributed by atoms with Crippen LogP contribution < -0.4 is 0 Å². The average molecular weight is 273 g/mol. The minimum absolute atomic E-state index is 0.314. The van der Waals surface area contributed by atoms with Crippen LogP contribution in [0.15, 0.2) is 0 Å². The van der Waals surface area contributed by atoms with Crippen LogP contribution in [0.5, 0.6) is 0 Å². The second-order valence-electron chi connectivity index (χ2n) is 4.88. The summed E-state index contributed by atoms with van der Waals surface area (Å²) in [6.07, 6.45) is 0.557. The van der Waals surface area contributed by atoms with Crippen LogP contribution in [-0.4, -0.2) is 33.6 Å². The summed E-state index contributed by atoms with van der Waals surface area (Å²) in [5, 5.41) is 14.3. The maximum atomic E-state index is 11.6. The molecule has 2 unspecified atom stereocenters. The summed E-state index contributed by atoms with van der Waals surface area (Å²) in [7, 11) is 1.75. The van der Waals surface area contributed by atoms with Crippen molar-refractivity contribution >= 4 is 17.6 Å². The molecule has 0 aromatic carbocycles. The van der Waals surface area contributed by atoms with Gasteiger partial charge in [-0.05, 0) is 26.7 Å². The molecule has 1 fully saturated rings. The number of aliphatic carboxylic acids is 1. The van der Waals surface area contributed by atoms with E-state index in [0.717, 1.165) is 11.3 Å². The highest BCUT2D eigenvalue weighted by Gasteiger charge is 2.49. The molecule has 18 heavy (non-hydrogen) atoms. The van der Waals surface area contributed by atoms with Crippen molar-refractivity contribution in [2.45, 2.75) is 32.8 Å². The zero-order chi connectivity index (χ0) is 13.5. The largest absolute Gasteiger partial charge is 0.481 e. The van der Waals surface area contributed by atoms with Crippen LogP contribution in [0.2, 0.25) is 5.15 Å². The maximum absolute atomic E-state index is 11.6. The quantitative estimate of drug-likeness (QED) is 0.911. The monoisotopic (exact) mass is 272 g/mol. The summed E-state index contributed by atoms with van der Waals surface area (Å²) in [5.41, 5.74) is 0.693. The number of rotatable bonds is 3. The predicted molar refractivity (Wildman–Crippen MR) is 66.8 cm³/mol.